The van der Waals surface area contributed by atoms with E-state index < -0.39 is 0 Å². The smallest absolute Gasteiger partial charge is 0.0398 e. The van der Waals surface area contributed by atoms with Crippen LogP contribution in [0.25, 0.3) is 10.8 Å². The van der Waals surface area contributed by atoms with Crippen molar-refractivity contribution in [2.24, 2.45) is 0 Å². The number of benzene rings is 7. The predicted octanol–water partition coefficient (Wildman–Crippen LogP) is 10.9. The highest BCUT2D eigenvalue weighted by molar-refractivity contribution is 5.90. The molecule has 0 spiro atoms. The summed E-state index contributed by atoms with van der Waals surface area (Å²) in [4.78, 5) is 0. The number of nitrogens with two attached hydrogens (primary N) is 1. The molecule has 8 rings (SSSR count). The zero-order valence-electron chi connectivity index (χ0n) is 26.3. The first-order chi connectivity index (χ1) is 22.7. The van der Waals surface area contributed by atoms with E-state index in [4.69, 9.17) is 5.73 Å². The van der Waals surface area contributed by atoms with Gasteiger partial charge in [-0.2, -0.15) is 0 Å². The standard InChI is InChI=1S/C33H29N.C12H10/c1-24-22-29(31(25-14-6-2-7-15-25)26-16-8-3-9-17-26)33(34)30(23-24)32(27-18-10-4-11-19-27)28-20-12-5-13-21-28;1-3-9-4-2-6-11-8-7-10(5-1)12(9)11/h2-23,31-32H,34H2,1H3;1-6H,7-8H2. The Morgan fingerprint density at radius 2 is 0.783 bits per heavy atom. The summed E-state index contributed by atoms with van der Waals surface area (Å²) < 4.78 is 0. The zero-order chi connectivity index (χ0) is 31.3. The number of anilines is 1. The first-order valence-electron chi connectivity index (χ1n) is 16.3. The Balaban J connectivity index is 0.000000233. The van der Waals surface area contributed by atoms with Crippen molar-refractivity contribution in [3.63, 3.8) is 0 Å². The van der Waals surface area contributed by atoms with Crippen molar-refractivity contribution < 1.29 is 0 Å². The van der Waals surface area contributed by atoms with Gasteiger partial charge in [0.2, 0.25) is 0 Å². The van der Waals surface area contributed by atoms with Gasteiger partial charge in [0.25, 0.3) is 0 Å². The van der Waals surface area contributed by atoms with Crippen molar-refractivity contribution in [2.75, 3.05) is 5.73 Å². The first-order valence-corrected chi connectivity index (χ1v) is 16.3. The summed E-state index contributed by atoms with van der Waals surface area (Å²) in [7, 11) is 0. The van der Waals surface area contributed by atoms with Gasteiger partial charge >= 0.3 is 0 Å². The lowest BCUT2D eigenvalue weighted by molar-refractivity contribution is 0.941. The summed E-state index contributed by atoms with van der Waals surface area (Å²) in [6.45, 7) is 2.17. The van der Waals surface area contributed by atoms with Gasteiger partial charge in [0.05, 0.1) is 0 Å². The number of hydrogen-bond donors (Lipinski definition) is 1. The molecule has 0 heterocycles. The minimum Gasteiger partial charge on any atom is -0.398 e. The van der Waals surface area contributed by atoms with Crippen LogP contribution in [0.4, 0.5) is 5.69 Å². The monoisotopic (exact) mass is 593 g/mol. The van der Waals surface area contributed by atoms with Gasteiger partial charge in [-0.1, -0.05) is 175 Å². The third-order valence-electron chi connectivity index (χ3n) is 9.28. The molecule has 46 heavy (non-hydrogen) atoms. The molecule has 0 unspecified atom stereocenters. The Labute approximate surface area is 273 Å². The van der Waals surface area contributed by atoms with E-state index in [1.54, 1.807) is 0 Å². The summed E-state index contributed by atoms with van der Waals surface area (Å²) in [5.74, 6) is 0.126. The van der Waals surface area contributed by atoms with Crippen LogP contribution in [-0.4, -0.2) is 0 Å². The molecule has 7 aromatic carbocycles. The summed E-state index contributed by atoms with van der Waals surface area (Å²) in [5.41, 5.74) is 19.5. The largest absolute Gasteiger partial charge is 0.398 e. The zero-order valence-corrected chi connectivity index (χ0v) is 26.3. The lowest BCUT2D eigenvalue weighted by atomic mass is 9.78. The molecular weight excluding hydrogens is 555 g/mol. The molecule has 2 N–H and O–H groups in total. The maximum Gasteiger partial charge on any atom is 0.0398 e. The van der Waals surface area contributed by atoms with Crippen LogP contribution in [-0.2, 0) is 12.8 Å². The highest BCUT2D eigenvalue weighted by Crippen LogP contribution is 2.42. The molecule has 0 fully saturated rings. The maximum absolute atomic E-state index is 7.10. The molecule has 1 aliphatic carbocycles. The highest BCUT2D eigenvalue weighted by Gasteiger charge is 2.25. The van der Waals surface area contributed by atoms with Crippen molar-refractivity contribution in [1.82, 2.24) is 0 Å². The quantitative estimate of drug-likeness (QED) is 0.151. The van der Waals surface area contributed by atoms with Crippen molar-refractivity contribution in [1.29, 1.82) is 0 Å². The number of hydrogen-bond acceptors (Lipinski definition) is 1. The third kappa shape index (κ3) is 5.97. The Hall–Kier alpha value is -5.40. The fourth-order valence-electron chi connectivity index (χ4n) is 7.20. The van der Waals surface area contributed by atoms with Gasteiger partial charge in [0.1, 0.15) is 0 Å². The van der Waals surface area contributed by atoms with E-state index in [0.29, 0.717) is 0 Å². The van der Waals surface area contributed by atoms with Crippen LogP contribution >= 0.6 is 0 Å². The second kappa shape index (κ2) is 13.3. The van der Waals surface area contributed by atoms with Crippen LogP contribution in [0, 0.1) is 6.92 Å². The van der Waals surface area contributed by atoms with Crippen LogP contribution < -0.4 is 5.73 Å². The molecule has 7 aromatic rings. The lowest BCUT2D eigenvalue weighted by Crippen LogP contribution is -2.13. The minimum absolute atomic E-state index is 0.0632. The van der Waals surface area contributed by atoms with Gasteiger partial charge in [0.15, 0.2) is 0 Å². The Kier molecular flexibility index (Phi) is 8.48. The number of nitrogen functional groups attached to an aromatic ring is 1. The average Bonchev–Trinajstić information content (AvgIpc) is 3.54. The molecule has 0 aromatic heterocycles. The van der Waals surface area contributed by atoms with E-state index in [1.165, 1.54) is 62.6 Å². The molecule has 1 nitrogen and oxygen atoms in total. The van der Waals surface area contributed by atoms with Gasteiger partial charge < -0.3 is 5.73 Å². The van der Waals surface area contributed by atoms with Crippen LogP contribution in [0.3, 0.4) is 0 Å². The second-order valence-electron chi connectivity index (χ2n) is 12.3. The van der Waals surface area contributed by atoms with Crippen LogP contribution in [0.5, 0.6) is 0 Å². The molecule has 0 atom stereocenters. The molecular formula is C45H39N. The molecule has 0 radical (unpaired) electrons. The fraction of sp³-hybridized carbons (Fsp3) is 0.111. The SMILES string of the molecule is Cc1cc(C(c2ccccc2)c2ccccc2)c(N)c(C(c2ccccc2)c2ccccc2)c1.c1cc2c3c(cccc3c1)CC2. The van der Waals surface area contributed by atoms with Crippen molar-refractivity contribution in [3.05, 3.63) is 220 Å². The van der Waals surface area contributed by atoms with E-state index in [9.17, 15) is 0 Å². The molecule has 0 amide bonds. The number of rotatable bonds is 6. The molecule has 0 bridgehead atoms. The maximum atomic E-state index is 7.10. The van der Waals surface area contributed by atoms with Crippen LogP contribution in [0.2, 0.25) is 0 Å². The Morgan fingerprint density at radius 1 is 0.435 bits per heavy atom. The third-order valence-corrected chi connectivity index (χ3v) is 9.28. The summed E-state index contributed by atoms with van der Waals surface area (Å²) in [5, 5.41) is 2.92. The van der Waals surface area contributed by atoms with Gasteiger partial charge in [0, 0.05) is 17.5 Å². The molecule has 0 aliphatic heterocycles. The van der Waals surface area contributed by atoms with E-state index in [-0.39, 0.29) is 11.8 Å². The van der Waals surface area contributed by atoms with E-state index in [0.717, 1.165) is 16.8 Å². The van der Waals surface area contributed by atoms with Gasteiger partial charge in [-0.05, 0) is 75.0 Å². The van der Waals surface area contributed by atoms with E-state index >= 15 is 0 Å². The van der Waals surface area contributed by atoms with Gasteiger partial charge in [-0.15, -0.1) is 0 Å². The van der Waals surface area contributed by atoms with Crippen LogP contribution in [0.1, 0.15) is 61.9 Å². The number of aryl methyl sites for hydroxylation is 3. The first kappa shape index (κ1) is 29.3. The second-order valence-corrected chi connectivity index (χ2v) is 12.3. The molecule has 1 heteroatoms. The van der Waals surface area contributed by atoms with Crippen molar-refractivity contribution >= 4 is 16.5 Å². The summed E-state index contributed by atoms with van der Waals surface area (Å²) in [6, 6.07) is 60.5. The van der Waals surface area contributed by atoms with Gasteiger partial charge in [-0.3, -0.25) is 0 Å². The van der Waals surface area contributed by atoms with Gasteiger partial charge in [-0.25, -0.2) is 0 Å². The average molecular weight is 594 g/mol. The topological polar surface area (TPSA) is 26.0 Å². The van der Waals surface area contributed by atoms with Crippen molar-refractivity contribution in [3.8, 4) is 0 Å². The summed E-state index contributed by atoms with van der Waals surface area (Å²) in [6.07, 6.45) is 2.47. The lowest BCUT2D eigenvalue weighted by Gasteiger charge is -2.27. The molecule has 224 valence electrons. The van der Waals surface area contributed by atoms with Crippen LogP contribution in [0.15, 0.2) is 170 Å². The molecule has 0 saturated heterocycles. The fourth-order valence-corrected chi connectivity index (χ4v) is 7.20. The van der Waals surface area contributed by atoms with E-state index in [2.05, 4.69) is 177 Å². The predicted molar refractivity (Wildman–Crippen MR) is 195 cm³/mol. The van der Waals surface area contributed by atoms with Crippen molar-refractivity contribution in [2.45, 2.75) is 31.6 Å². The minimum atomic E-state index is 0.0632. The highest BCUT2D eigenvalue weighted by atomic mass is 14.6. The molecule has 0 saturated carbocycles. The Bertz CT molecular complexity index is 1830. The summed E-state index contributed by atoms with van der Waals surface area (Å²) >= 11 is 0. The normalized spacial score (nSPS) is 11.9. The Morgan fingerprint density at radius 3 is 1.13 bits per heavy atom. The molecule has 1 aliphatic rings. The van der Waals surface area contributed by atoms with E-state index in [1.807, 2.05) is 0 Å².